The second kappa shape index (κ2) is 9.16. The smallest absolute Gasteiger partial charge is 0.0875 e. The monoisotopic (exact) mass is 487 g/mol. The molecule has 0 fully saturated rings. The maximum atomic E-state index is 4.31. The Morgan fingerprint density at radius 2 is 1.05 bits per heavy atom. The summed E-state index contributed by atoms with van der Waals surface area (Å²) in [6.45, 7) is 0. The van der Waals surface area contributed by atoms with E-state index in [2.05, 4.69) is 132 Å². The van der Waals surface area contributed by atoms with Crippen molar-refractivity contribution < 1.29 is 0 Å². The Hall–Kier alpha value is -4.53. The lowest BCUT2D eigenvalue weighted by molar-refractivity contribution is 1.33. The summed E-state index contributed by atoms with van der Waals surface area (Å²) in [6.07, 6.45) is 3.80. The molecule has 0 aliphatic heterocycles. The molecule has 0 radical (unpaired) electrons. The Kier molecular flexibility index (Phi) is 5.38. The van der Waals surface area contributed by atoms with Crippen molar-refractivity contribution in [1.82, 2.24) is 4.98 Å². The fourth-order valence-electron chi connectivity index (χ4n) is 5.65. The van der Waals surface area contributed by atoms with Gasteiger partial charge >= 0.3 is 0 Å². The second-order valence-corrected chi connectivity index (χ2v) is 11.6. The largest absolute Gasteiger partial charge is 0.265 e. The van der Waals surface area contributed by atoms with Crippen LogP contribution in [0.1, 0.15) is 0 Å². The standard InChI is InChI=1S/C35H25NSi/c1-2-10-28(11-3-1)37-29-16-17-32-33(23-29)34(25-18-20-36-21-19-25)30-12-6-7-13-31(30)35(32)27-15-14-24-8-4-5-9-26(24)22-27/h1-23H,37H2. The lowest BCUT2D eigenvalue weighted by atomic mass is 9.86. The van der Waals surface area contributed by atoms with Gasteiger partial charge in [-0.05, 0) is 72.8 Å². The van der Waals surface area contributed by atoms with Gasteiger partial charge in [-0.3, -0.25) is 4.98 Å². The topological polar surface area (TPSA) is 12.9 Å². The predicted molar refractivity (Wildman–Crippen MR) is 162 cm³/mol. The van der Waals surface area contributed by atoms with Crippen LogP contribution in [-0.4, -0.2) is 14.5 Å². The molecule has 0 aliphatic carbocycles. The highest BCUT2D eigenvalue weighted by molar-refractivity contribution is 6.67. The number of aromatic nitrogens is 1. The third kappa shape index (κ3) is 3.92. The SMILES string of the molecule is c1ccc([SiH2]c2ccc3c(-c4ccc5ccccc5c4)c4ccccc4c(-c4ccncc4)c3c2)cc1. The van der Waals surface area contributed by atoms with Gasteiger partial charge in [-0.25, -0.2) is 0 Å². The molecule has 7 aromatic rings. The number of pyridine rings is 1. The molecule has 1 heterocycles. The Morgan fingerprint density at radius 3 is 1.84 bits per heavy atom. The fraction of sp³-hybridized carbons (Fsp3) is 0. The van der Waals surface area contributed by atoms with Crippen molar-refractivity contribution in [2.45, 2.75) is 0 Å². The maximum Gasteiger partial charge on any atom is 0.0875 e. The van der Waals surface area contributed by atoms with Crippen molar-refractivity contribution in [2.75, 3.05) is 0 Å². The zero-order valence-corrected chi connectivity index (χ0v) is 21.8. The molecule has 0 spiro atoms. The van der Waals surface area contributed by atoms with Gasteiger partial charge in [0.15, 0.2) is 0 Å². The first-order valence-electron chi connectivity index (χ1n) is 12.8. The van der Waals surface area contributed by atoms with Crippen LogP contribution >= 0.6 is 0 Å². The first-order valence-corrected chi connectivity index (χ1v) is 14.2. The summed E-state index contributed by atoms with van der Waals surface area (Å²) in [7, 11) is -0.585. The van der Waals surface area contributed by atoms with Gasteiger partial charge in [0, 0.05) is 12.4 Å². The third-order valence-electron chi connectivity index (χ3n) is 7.35. The van der Waals surface area contributed by atoms with Gasteiger partial charge in [-0.2, -0.15) is 0 Å². The van der Waals surface area contributed by atoms with E-state index in [9.17, 15) is 0 Å². The zero-order valence-electron chi connectivity index (χ0n) is 20.4. The van der Waals surface area contributed by atoms with Gasteiger partial charge in [-0.1, -0.05) is 120 Å². The van der Waals surface area contributed by atoms with E-state index in [4.69, 9.17) is 0 Å². The van der Waals surface area contributed by atoms with E-state index < -0.39 is 9.52 Å². The lowest BCUT2D eigenvalue weighted by Gasteiger charge is -2.19. The molecule has 0 N–H and O–H groups in total. The zero-order chi connectivity index (χ0) is 24.6. The van der Waals surface area contributed by atoms with Crippen molar-refractivity contribution >= 4 is 52.2 Å². The first kappa shape index (κ1) is 21.7. The highest BCUT2D eigenvalue weighted by Gasteiger charge is 2.17. The van der Waals surface area contributed by atoms with Crippen molar-refractivity contribution in [3.63, 3.8) is 0 Å². The van der Waals surface area contributed by atoms with Crippen LogP contribution in [0.4, 0.5) is 0 Å². The summed E-state index contributed by atoms with van der Waals surface area (Å²) in [5, 5.41) is 10.6. The number of fused-ring (bicyclic) bond motifs is 3. The molecule has 0 atom stereocenters. The average molecular weight is 488 g/mol. The molecule has 6 aromatic carbocycles. The van der Waals surface area contributed by atoms with Crippen LogP contribution in [0.5, 0.6) is 0 Å². The molecule has 0 saturated heterocycles. The van der Waals surface area contributed by atoms with E-state index in [1.54, 1.807) is 0 Å². The van der Waals surface area contributed by atoms with Gasteiger partial charge in [0.2, 0.25) is 0 Å². The Balaban J connectivity index is 1.57. The molecule has 1 aromatic heterocycles. The molecule has 0 bridgehead atoms. The van der Waals surface area contributed by atoms with Crippen molar-refractivity contribution in [1.29, 1.82) is 0 Å². The summed E-state index contributed by atoms with van der Waals surface area (Å²) in [4.78, 5) is 4.31. The minimum atomic E-state index is -0.585. The van der Waals surface area contributed by atoms with Gasteiger partial charge in [0.05, 0.1) is 9.52 Å². The molecular formula is C35H25NSi. The lowest BCUT2D eigenvalue weighted by Crippen LogP contribution is -2.26. The minimum Gasteiger partial charge on any atom is -0.265 e. The van der Waals surface area contributed by atoms with Crippen LogP contribution in [0.2, 0.25) is 0 Å². The number of nitrogens with zero attached hydrogens (tertiary/aromatic N) is 1. The molecule has 0 amide bonds. The summed E-state index contributed by atoms with van der Waals surface area (Å²) >= 11 is 0. The predicted octanol–water partition coefficient (Wildman–Crippen LogP) is 6.99. The van der Waals surface area contributed by atoms with Crippen LogP contribution in [0.15, 0.2) is 140 Å². The van der Waals surface area contributed by atoms with Crippen LogP contribution in [0.3, 0.4) is 0 Å². The van der Waals surface area contributed by atoms with Crippen LogP contribution in [-0.2, 0) is 0 Å². The van der Waals surface area contributed by atoms with Crippen molar-refractivity contribution in [3.8, 4) is 22.3 Å². The molecular weight excluding hydrogens is 462 g/mol. The molecule has 174 valence electrons. The van der Waals surface area contributed by atoms with E-state index in [1.807, 2.05) is 12.4 Å². The van der Waals surface area contributed by atoms with Gasteiger partial charge in [0.1, 0.15) is 0 Å². The van der Waals surface area contributed by atoms with Crippen LogP contribution < -0.4 is 10.4 Å². The quantitative estimate of drug-likeness (QED) is 0.192. The molecule has 2 heteroatoms. The van der Waals surface area contributed by atoms with Crippen LogP contribution in [0, 0.1) is 0 Å². The normalized spacial score (nSPS) is 11.7. The van der Waals surface area contributed by atoms with Crippen molar-refractivity contribution in [2.24, 2.45) is 0 Å². The molecule has 0 unspecified atom stereocenters. The second-order valence-electron chi connectivity index (χ2n) is 9.64. The van der Waals surface area contributed by atoms with Gasteiger partial charge in [-0.15, -0.1) is 0 Å². The molecule has 37 heavy (non-hydrogen) atoms. The van der Waals surface area contributed by atoms with E-state index in [0.717, 1.165) is 0 Å². The summed E-state index contributed by atoms with van der Waals surface area (Å²) in [6, 6.07) is 46.7. The molecule has 1 nitrogen and oxygen atoms in total. The molecule has 0 aliphatic rings. The third-order valence-corrected chi connectivity index (χ3v) is 9.07. The Morgan fingerprint density at radius 1 is 0.405 bits per heavy atom. The van der Waals surface area contributed by atoms with Gasteiger partial charge < -0.3 is 0 Å². The fourth-order valence-corrected chi connectivity index (χ4v) is 7.17. The number of benzene rings is 6. The van der Waals surface area contributed by atoms with E-state index >= 15 is 0 Å². The maximum absolute atomic E-state index is 4.31. The van der Waals surface area contributed by atoms with Crippen LogP contribution in [0.25, 0.3) is 54.6 Å². The summed E-state index contributed by atoms with van der Waals surface area (Å²) in [5.74, 6) is 0. The Labute approximate surface area is 218 Å². The average Bonchev–Trinajstić information content (AvgIpc) is 2.96. The minimum absolute atomic E-state index is 0.585. The summed E-state index contributed by atoms with van der Waals surface area (Å²) < 4.78 is 0. The molecule has 7 rings (SSSR count). The Bertz CT molecular complexity index is 1890. The summed E-state index contributed by atoms with van der Waals surface area (Å²) in [5.41, 5.74) is 5.07. The van der Waals surface area contributed by atoms with E-state index in [1.165, 1.54) is 64.9 Å². The highest BCUT2D eigenvalue weighted by Crippen LogP contribution is 2.43. The van der Waals surface area contributed by atoms with Gasteiger partial charge in [0.25, 0.3) is 0 Å². The van der Waals surface area contributed by atoms with E-state index in [-0.39, 0.29) is 0 Å². The number of hydrogen-bond donors (Lipinski definition) is 0. The molecule has 0 saturated carbocycles. The van der Waals surface area contributed by atoms with Crippen molar-refractivity contribution in [3.05, 3.63) is 140 Å². The highest BCUT2D eigenvalue weighted by atomic mass is 28.2. The number of hydrogen-bond acceptors (Lipinski definition) is 1. The first-order chi connectivity index (χ1) is 18.3. The number of rotatable bonds is 4. The van der Waals surface area contributed by atoms with E-state index in [0.29, 0.717) is 0 Å².